The molecular weight excluding hydrogens is 352 g/mol. The summed E-state index contributed by atoms with van der Waals surface area (Å²) in [7, 11) is 0. The van der Waals surface area contributed by atoms with Crippen molar-refractivity contribution in [1.82, 2.24) is 9.80 Å². The van der Waals surface area contributed by atoms with Gasteiger partial charge in [0.2, 0.25) is 11.8 Å². The fourth-order valence-corrected chi connectivity index (χ4v) is 2.94. The zero-order valence-corrected chi connectivity index (χ0v) is 14.9. The Kier molecular flexibility index (Phi) is 5.90. The molecule has 0 bridgehead atoms. The Morgan fingerprint density at radius 2 is 1.62 bits per heavy atom. The molecule has 2 amide bonds. The van der Waals surface area contributed by atoms with Crippen molar-refractivity contribution in [3.05, 3.63) is 29.3 Å². The summed E-state index contributed by atoms with van der Waals surface area (Å²) in [6.07, 6.45) is 0. The minimum atomic E-state index is -1.41. The highest BCUT2D eigenvalue weighted by molar-refractivity contribution is 7.80. The van der Waals surface area contributed by atoms with E-state index < -0.39 is 23.5 Å². The van der Waals surface area contributed by atoms with E-state index in [1.54, 1.807) is 38.1 Å². The third kappa shape index (κ3) is 3.57. The molecule has 8 heteroatoms. The minimum absolute atomic E-state index is 0.137. The molecule has 0 unspecified atom stereocenters. The molecule has 1 heterocycles. The van der Waals surface area contributed by atoms with Gasteiger partial charge in [0.15, 0.2) is 16.8 Å². The molecule has 1 aliphatic heterocycles. The predicted molar refractivity (Wildman–Crippen MR) is 92.8 cm³/mol. The van der Waals surface area contributed by atoms with E-state index in [2.05, 4.69) is 0 Å². The van der Waals surface area contributed by atoms with Crippen molar-refractivity contribution in [2.24, 2.45) is 5.92 Å². The lowest BCUT2D eigenvalue weighted by atomic mass is 9.98. The number of carbonyl (C=O) groups excluding carboxylic acids is 3. The van der Waals surface area contributed by atoms with Gasteiger partial charge in [-0.2, -0.15) is 0 Å². The number of carbonyl (C=O) groups is 3. The number of hydrogen-bond donors (Lipinski definition) is 0. The van der Waals surface area contributed by atoms with Gasteiger partial charge in [-0.05, 0) is 50.3 Å². The van der Waals surface area contributed by atoms with Gasteiger partial charge in [-0.15, -0.1) is 0 Å². The van der Waals surface area contributed by atoms with Crippen LogP contribution in [0.3, 0.4) is 0 Å². The molecule has 1 aromatic carbocycles. The maximum Gasteiger partial charge on any atom is 0.249 e. The zero-order chi connectivity index (χ0) is 17.9. The average Bonchev–Trinajstić information content (AvgIpc) is 2.55. The highest BCUT2D eigenvalue weighted by atomic mass is 35.5. The van der Waals surface area contributed by atoms with Crippen LogP contribution in [0.5, 0.6) is 5.75 Å². The van der Waals surface area contributed by atoms with E-state index in [1.807, 2.05) is 0 Å². The van der Waals surface area contributed by atoms with E-state index in [0.717, 1.165) is 0 Å². The lowest BCUT2D eigenvalue weighted by Crippen LogP contribution is -2.61. The van der Waals surface area contributed by atoms with Crippen molar-refractivity contribution in [2.45, 2.75) is 13.8 Å². The first-order valence-electron chi connectivity index (χ1n) is 7.48. The molecule has 0 radical (unpaired) electrons. The lowest BCUT2D eigenvalue weighted by molar-refractivity contribution is -0.151. The van der Waals surface area contributed by atoms with Gasteiger partial charge >= 0.3 is 0 Å². The highest BCUT2D eigenvalue weighted by Crippen LogP contribution is 2.20. The summed E-state index contributed by atoms with van der Waals surface area (Å²) in [4.78, 5) is 39.8. The van der Waals surface area contributed by atoms with Crippen LogP contribution in [0, 0.1) is 5.92 Å². The van der Waals surface area contributed by atoms with Crippen molar-refractivity contribution < 1.29 is 19.1 Å². The Morgan fingerprint density at radius 1 is 1.12 bits per heavy atom. The van der Waals surface area contributed by atoms with E-state index in [0.29, 0.717) is 23.9 Å². The number of nitrogens with zero attached hydrogens (tertiary/aromatic N) is 2. The monoisotopic (exact) mass is 368 g/mol. The van der Waals surface area contributed by atoms with Crippen LogP contribution in [0.4, 0.5) is 0 Å². The third-order valence-corrected chi connectivity index (χ3v) is 4.33. The second-order valence-electron chi connectivity index (χ2n) is 5.09. The van der Waals surface area contributed by atoms with Crippen molar-refractivity contribution in [3.8, 4) is 5.75 Å². The topological polar surface area (TPSA) is 66.9 Å². The molecule has 1 fully saturated rings. The van der Waals surface area contributed by atoms with Crippen molar-refractivity contribution in [3.63, 3.8) is 0 Å². The Morgan fingerprint density at radius 3 is 2.08 bits per heavy atom. The summed E-state index contributed by atoms with van der Waals surface area (Å²) in [5.74, 6) is -2.77. The Bertz CT molecular complexity index is 651. The second-order valence-corrected chi connectivity index (χ2v) is 5.89. The number of thiocarbonyl (C=S) groups is 1. The van der Waals surface area contributed by atoms with E-state index in [4.69, 9.17) is 28.6 Å². The van der Waals surface area contributed by atoms with E-state index in [1.165, 1.54) is 9.80 Å². The summed E-state index contributed by atoms with van der Waals surface area (Å²) in [5, 5.41) is 0.676. The molecule has 0 aliphatic carbocycles. The summed E-state index contributed by atoms with van der Waals surface area (Å²) < 4.78 is 5.35. The number of benzene rings is 1. The molecule has 0 N–H and O–H groups in total. The van der Waals surface area contributed by atoms with Gasteiger partial charge in [-0.1, -0.05) is 11.6 Å². The first kappa shape index (κ1) is 18.4. The maximum absolute atomic E-state index is 12.4. The number of hydrogen-bond acceptors (Lipinski definition) is 5. The molecule has 2 rings (SSSR count). The van der Waals surface area contributed by atoms with Crippen LogP contribution < -0.4 is 4.74 Å². The van der Waals surface area contributed by atoms with Crippen LogP contribution in [0.1, 0.15) is 13.8 Å². The molecule has 24 heavy (non-hydrogen) atoms. The first-order chi connectivity index (χ1) is 11.4. The first-order valence-corrected chi connectivity index (χ1v) is 8.27. The maximum atomic E-state index is 12.4. The largest absolute Gasteiger partial charge is 0.486 e. The molecule has 0 saturated carbocycles. The van der Waals surface area contributed by atoms with Gasteiger partial charge in [0.25, 0.3) is 0 Å². The third-order valence-electron chi connectivity index (χ3n) is 3.64. The van der Waals surface area contributed by atoms with Gasteiger partial charge in [0, 0.05) is 18.1 Å². The van der Waals surface area contributed by atoms with Crippen LogP contribution in [0.2, 0.25) is 5.02 Å². The fourth-order valence-electron chi connectivity index (χ4n) is 2.38. The molecule has 0 atom stereocenters. The summed E-state index contributed by atoms with van der Waals surface area (Å²) >= 11 is 10.9. The normalized spacial score (nSPS) is 15.9. The number of halogens is 1. The zero-order valence-electron chi connectivity index (χ0n) is 13.3. The number of ether oxygens (including phenoxy) is 1. The summed E-state index contributed by atoms with van der Waals surface area (Å²) in [5.41, 5.74) is 0. The van der Waals surface area contributed by atoms with E-state index in [-0.39, 0.29) is 11.7 Å². The molecular formula is C16H17ClN2O4S. The Hall–Kier alpha value is -1.99. The van der Waals surface area contributed by atoms with Crippen molar-refractivity contribution >= 4 is 46.5 Å². The second kappa shape index (κ2) is 7.72. The van der Waals surface area contributed by atoms with Crippen LogP contribution in [0.15, 0.2) is 24.3 Å². The van der Waals surface area contributed by atoms with Crippen LogP contribution in [0.25, 0.3) is 0 Å². The van der Waals surface area contributed by atoms with Gasteiger partial charge < -0.3 is 4.74 Å². The quantitative estimate of drug-likeness (QED) is 0.566. The molecule has 6 nitrogen and oxygen atoms in total. The standard InChI is InChI=1S/C16H17ClN2O4S/c1-3-18-14(21)13(15(22)19(4-2)16(18)24)12(20)9-23-11-7-5-10(17)6-8-11/h5-8,13H,3-4,9H2,1-2H3. The summed E-state index contributed by atoms with van der Waals surface area (Å²) in [6, 6.07) is 6.45. The number of amides is 2. The van der Waals surface area contributed by atoms with Crippen molar-refractivity contribution in [2.75, 3.05) is 19.7 Å². The molecule has 0 aromatic heterocycles. The SMILES string of the molecule is CCN1C(=O)C(C(=O)COc2ccc(Cl)cc2)C(=O)N(CC)C1=S. The predicted octanol–water partition coefficient (Wildman–Crippen LogP) is 1.90. The number of Topliss-reactive ketones (excluding diaryl/α,β-unsaturated/α-hetero) is 1. The van der Waals surface area contributed by atoms with Crippen molar-refractivity contribution in [1.29, 1.82) is 0 Å². The molecule has 128 valence electrons. The number of rotatable bonds is 6. The van der Waals surface area contributed by atoms with Gasteiger partial charge in [-0.25, -0.2) is 0 Å². The minimum Gasteiger partial charge on any atom is -0.486 e. The average molecular weight is 369 g/mol. The lowest BCUT2D eigenvalue weighted by Gasteiger charge is -2.37. The molecule has 1 saturated heterocycles. The molecule has 0 spiro atoms. The van der Waals surface area contributed by atoms with E-state index >= 15 is 0 Å². The molecule has 1 aromatic rings. The van der Waals surface area contributed by atoms with E-state index in [9.17, 15) is 14.4 Å². The smallest absolute Gasteiger partial charge is 0.249 e. The molecule has 1 aliphatic rings. The highest BCUT2D eigenvalue weighted by Gasteiger charge is 2.46. The summed E-state index contributed by atoms with van der Waals surface area (Å²) in [6.45, 7) is 3.68. The van der Waals surface area contributed by atoms with Crippen LogP contribution in [-0.2, 0) is 14.4 Å². The van der Waals surface area contributed by atoms with Crippen LogP contribution in [-0.4, -0.2) is 52.2 Å². The van der Waals surface area contributed by atoms with Gasteiger partial charge in [0.05, 0.1) is 0 Å². The fraction of sp³-hybridized carbons (Fsp3) is 0.375. The number of ketones is 1. The van der Waals surface area contributed by atoms with Crippen LogP contribution >= 0.6 is 23.8 Å². The Balaban J connectivity index is 2.13. The van der Waals surface area contributed by atoms with Gasteiger partial charge in [-0.3, -0.25) is 24.2 Å². The Labute approximate surface area is 150 Å². The van der Waals surface area contributed by atoms with Gasteiger partial charge in [0.1, 0.15) is 12.4 Å².